The lowest BCUT2D eigenvalue weighted by molar-refractivity contribution is 0.617. The van der Waals surface area contributed by atoms with Gasteiger partial charge in [0.25, 0.3) is 0 Å². The normalized spacial score (nSPS) is 11.1. The van der Waals surface area contributed by atoms with Crippen LogP contribution in [0.25, 0.3) is 16.7 Å². The Hall–Kier alpha value is -1.87. The van der Waals surface area contributed by atoms with E-state index in [0.29, 0.717) is 18.0 Å². The van der Waals surface area contributed by atoms with Gasteiger partial charge in [0.2, 0.25) is 0 Å². The molecule has 1 heterocycles. The Bertz CT molecular complexity index is 721. The summed E-state index contributed by atoms with van der Waals surface area (Å²) in [5.74, 6) is 0.973. The Morgan fingerprint density at radius 2 is 1.79 bits per heavy atom. The average Bonchev–Trinajstić information content (AvgIpc) is 2.78. The Morgan fingerprint density at radius 3 is 2.58 bits per heavy atom. The van der Waals surface area contributed by atoms with E-state index in [4.69, 9.17) is 11.6 Å². The van der Waals surface area contributed by atoms with Crippen LogP contribution in [0.2, 0.25) is 0 Å². The molecule has 0 radical (unpaired) electrons. The van der Waals surface area contributed by atoms with Gasteiger partial charge >= 0.3 is 0 Å². The summed E-state index contributed by atoms with van der Waals surface area (Å²) in [7, 11) is 0. The largest absolute Gasteiger partial charge is 0.293 e. The maximum absolute atomic E-state index is 14.0. The zero-order valence-corrected chi connectivity index (χ0v) is 10.9. The number of imidazole rings is 1. The first kappa shape index (κ1) is 12.2. The molecule has 96 valence electrons. The van der Waals surface area contributed by atoms with E-state index in [1.165, 1.54) is 6.07 Å². The molecule has 4 heteroatoms. The number of nitrogens with zero attached hydrogens (tertiary/aromatic N) is 2. The molecule has 1 aromatic heterocycles. The Balaban J connectivity index is 2.31. The van der Waals surface area contributed by atoms with Crippen LogP contribution in [0.1, 0.15) is 5.82 Å². The maximum atomic E-state index is 14.0. The number of hydrogen-bond acceptors (Lipinski definition) is 1. The zero-order valence-electron chi connectivity index (χ0n) is 10.2. The van der Waals surface area contributed by atoms with Crippen LogP contribution in [0, 0.1) is 5.82 Å². The van der Waals surface area contributed by atoms with Crippen LogP contribution in [-0.4, -0.2) is 15.4 Å². The minimum atomic E-state index is -0.263. The van der Waals surface area contributed by atoms with E-state index in [1.807, 2.05) is 34.9 Å². The molecule has 0 saturated heterocycles. The lowest BCUT2D eigenvalue weighted by Crippen LogP contribution is -2.04. The molecule has 2 aromatic carbocycles. The summed E-state index contributed by atoms with van der Waals surface area (Å²) in [6.07, 6.45) is 0.602. The van der Waals surface area contributed by atoms with Gasteiger partial charge in [-0.3, -0.25) is 4.57 Å². The van der Waals surface area contributed by atoms with Crippen molar-refractivity contribution >= 4 is 22.6 Å². The minimum Gasteiger partial charge on any atom is -0.293 e. The van der Waals surface area contributed by atoms with Crippen molar-refractivity contribution in [1.82, 2.24) is 9.55 Å². The molecule has 0 N–H and O–H groups in total. The number of aromatic nitrogens is 2. The number of hydrogen-bond donors (Lipinski definition) is 0. The SMILES string of the molecule is Fc1ccccc1-n1c(CCCl)nc2ccccc21. The molecule has 19 heavy (non-hydrogen) atoms. The predicted molar refractivity (Wildman–Crippen MR) is 75.5 cm³/mol. The summed E-state index contributed by atoms with van der Waals surface area (Å²) < 4.78 is 15.9. The van der Waals surface area contributed by atoms with Crippen LogP contribution < -0.4 is 0 Å². The van der Waals surface area contributed by atoms with Gasteiger partial charge in [0, 0.05) is 12.3 Å². The first-order valence-corrected chi connectivity index (χ1v) is 6.62. The Labute approximate surface area is 115 Å². The van der Waals surface area contributed by atoms with Crippen LogP contribution in [0.3, 0.4) is 0 Å². The molecular weight excluding hydrogens is 263 g/mol. The van der Waals surface area contributed by atoms with E-state index in [0.717, 1.165) is 16.9 Å². The number of alkyl halides is 1. The fourth-order valence-corrected chi connectivity index (χ4v) is 2.40. The van der Waals surface area contributed by atoms with Gasteiger partial charge < -0.3 is 0 Å². The highest BCUT2D eigenvalue weighted by molar-refractivity contribution is 6.17. The number of benzene rings is 2. The fraction of sp³-hybridized carbons (Fsp3) is 0.133. The predicted octanol–water partition coefficient (Wildman–Crippen LogP) is 3.95. The summed E-state index contributed by atoms with van der Waals surface area (Å²) in [5, 5.41) is 0. The number of aryl methyl sites for hydroxylation is 1. The zero-order chi connectivity index (χ0) is 13.2. The summed E-state index contributed by atoms with van der Waals surface area (Å²) in [4.78, 5) is 4.53. The van der Waals surface area contributed by atoms with Crippen molar-refractivity contribution in [3.8, 4) is 5.69 Å². The standard InChI is InChI=1S/C15H12ClFN2/c16-10-9-15-18-12-6-2-4-8-14(12)19(15)13-7-3-1-5-11(13)17/h1-8H,9-10H2. The van der Waals surface area contributed by atoms with Gasteiger partial charge in [-0.2, -0.15) is 0 Å². The van der Waals surface area contributed by atoms with Gasteiger partial charge in [-0.25, -0.2) is 9.37 Å². The summed E-state index contributed by atoms with van der Waals surface area (Å²) >= 11 is 5.82. The number of fused-ring (bicyclic) bond motifs is 1. The van der Waals surface area contributed by atoms with Crippen molar-refractivity contribution in [2.75, 3.05) is 5.88 Å². The topological polar surface area (TPSA) is 17.8 Å². The Kier molecular flexibility index (Phi) is 3.22. The third-order valence-corrected chi connectivity index (χ3v) is 3.23. The Morgan fingerprint density at radius 1 is 1.05 bits per heavy atom. The molecule has 0 aliphatic heterocycles. The van der Waals surface area contributed by atoms with E-state index < -0.39 is 0 Å². The highest BCUT2D eigenvalue weighted by atomic mass is 35.5. The molecule has 3 aromatic rings. The van der Waals surface area contributed by atoms with E-state index in [9.17, 15) is 4.39 Å². The molecule has 3 rings (SSSR count). The highest BCUT2D eigenvalue weighted by Gasteiger charge is 2.14. The van der Waals surface area contributed by atoms with Crippen molar-refractivity contribution in [3.05, 3.63) is 60.2 Å². The average molecular weight is 275 g/mol. The maximum Gasteiger partial charge on any atom is 0.147 e. The second-order valence-electron chi connectivity index (χ2n) is 4.24. The van der Waals surface area contributed by atoms with Gasteiger partial charge in [0.05, 0.1) is 16.7 Å². The molecular formula is C15H12ClFN2. The van der Waals surface area contributed by atoms with Gasteiger partial charge in [0.15, 0.2) is 0 Å². The highest BCUT2D eigenvalue weighted by Crippen LogP contribution is 2.23. The quantitative estimate of drug-likeness (QED) is 0.662. The van der Waals surface area contributed by atoms with E-state index in [-0.39, 0.29) is 5.82 Å². The van der Waals surface area contributed by atoms with Crippen LogP contribution in [0.5, 0.6) is 0 Å². The first-order chi connectivity index (χ1) is 9.31. The second-order valence-corrected chi connectivity index (χ2v) is 4.62. The van der Waals surface area contributed by atoms with Crippen molar-refractivity contribution in [1.29, 1.82) is 0 Å². The molecule has 0 bridgehead atoms. The minimum absolute atomic E-state index is 0.263. The lowest BCUT2D eigenvalue weighted by Gasteiger charge is -2.09. The van der Waals surface area contributed by atoms with Crippen molar-refractivity contribution in [2.45, 2.75) is 6.42 Å². The first-order valence-electron chi connectivity index (χ1n) is 6.08. The molecule has 0 fully saturated rings. The van der Waals surface area contributed by atoms with Crippen LogP contribution in [0.15, 0.2) is 48.5 Å². The fourth-order valence-electron chi connectivity index (χ4n) is 2.23. The van der Waals surface area contributed by atoms with Crippen molar-refractivity contribution in [3.63, 3.8) is 0 Å². The third-order valence-electron chi connectivity index (χ3n) is 3.04. The number of halogens is 2. The van der Waals surface area contributed by atoms with Crippen LogP contribution >= 0.6 is 11.6 Å². The van der Waals surface area contributed by atoms with E-state index in [1.54, 1.807) is 12.1 Å². The van der Waals surface area contributed by atoms with E-state index >= 15 is 0 Å². The summed E-state index contributed by atoms with van der Waals surface area (Å²) in [6, 6.07) is 14.4. The monoisotopic (exact) mass is 274 g/mol. The van der Waals surface area contributed by atoms with Crippen LogP contribution in [0.4, 0.5) is 4.39 Å². The van der Waals surface area contributed by atoms with E-state index in [2.05, 4.69) is 4.98 Å². The summed E-state index contributed by atoms with van der Waals surface area (Å²) in [6.45, 7) is 0. The summed E-state index contributed by atoms with van der Waals surface area (Å²) in [5.41, 5.74) is 2.26. The molecule has 0 aliphatic rings. The van der Waals surface area contributed by atoms with Gasteiger partial charge in [-0.15, -0.1) is 11.6 Å². The lowest BCUT2D eigenvalue weighted by atomic mass is 10.2. The third kappa shape index (κ3) is 2.10. The number of para-hydroxylation sites is 3. The van der Waals surface area contributed by atoms with Gasteiger partial charge in [0.1, 0.15) is 11.6 Å². The van der Waals surface area contributed by atoms with Gasteiger partial charge in [-0.05, 0) is 24.3 Å². The van der Waals surface area contributed by atoms with Crippen molar-refractivity contribution < 1.29 is 4.39 Å². The molecule has 0 atom stereocenters. The van der Waals surface area contributed by atoms with Crippen LogP contribution in [-0.2, 0) is 6.42 Å². The number of rotatable bonds is 3. The molecule has 0 saturated carbocycles. The molecule has 0 aliphatic carbocycles. The van der Waals surface area contributed by atoms with Gasteiger partial charge in [-0.1, -0.05) is 24.3 Å². The molecule has 2 nitrogen and oxygen atoms in total. The van der Waals surface area contributed by atoms with Crippen molar-refractivity contribution in [2.24, 2.45) is 0 Å². The molecule has 0 spiro atoms. The molecule has 0 amide bonds. The second kappa shape index (κ2) is 5.02. The smallest absolute Gasteiger partial charge is 0.147 e. The molecule has 0 unspecified atom stereocenters.